The molecule has 0 amide bonds. The molecule has 102 valence electrons. The summed E-state index contributed by atoms with van der Waals surface area (Å²) in [5.41, 5.74) is 0.554. The van der Waals surface area contributed by atoms with Crippen LogP contribution in [0.3, 0.4) is 0 Å². The van der Waals surface area contributed by atoms with Crippen LogP contribution in [0, 0.1) is 17.3 Å². The highest BCUT2D eigenvalue weighted by atomic mass is 14.4. The van der Waals surface area contributed by atoms with Crippen molar-refractivity contribution in [3.05, 3.63) is 12.2 Å². The molecule has 0 fully saturated rings. The number of hydrogen-bond donors (Lipinski definition) is 0. The predicted octanol–water partition coefficient (Wildman–Crippen LogP) is 6.22. The van der Waals surface area contributed by atoms with Crippen LogP contribution < -0.4 is 0 Å². The lowest BCUT2D eigenvalue weighted by Gasteiger charge is -2.37. The lowest BCUT2D eigenvalue weighted by molar-refractivity contribution is 0.133. The zero-order valence-electron chi connectivity index (χ0n) is 13.1. The molecule has 0 aromatic heterocycles. The number of allylic oxidation sites excluding steroid dienone is 2. The van der Waals surface area contributed by atoms with Crippen LogP contribution in [0.1, 0.15) is 80.1 Å². The monoisotopic (exact) mass is 238 g/mol. The van der Waals surface area contributed by atoms with Crippen molar-refractivity contribution < 1.29 is 0 Å². The van der Waals surface area contributed by atoms with Gasteiger partial charge >= 0.3 is 0 Å². The van der Waals surface area contributed by atoms with Crippen LogP contribution in [-0.2, 0) is 0 Å². The van der Waals surface area contributed by atoms with Crippen molar-refractivity contribution in [2.45, 2.75) is 80.1 Å². The first-order chi connectivity index (χ1) is 7.96. The Hall–Kier alpha value is -0.260. The molecule has 0 aromatic carbocycles. The summed E-state index contributed by atoms with van der Waals surface area (Å²) in [7, 11) is 0. The van der Waals surface area contributed by atoms with E-state index in [-0.39, 0.29) is 0 Å². The summed E-state index contributed by atoms with van der Waals surface area (Å²) >= 11 is 0. The SMILES string of the molecule is CC=CCCCC(C)C(C)(CCC)CC(C)C. The molecule has 0 heterocycles. The quantitative estimate of drug-likeness (QED) is 0.330. The van der Waals surface area contributed by atoms with Gasteiger partial charge in [-0.3, -0.25) is 0 Å². The van der Waals surface area contributed by atoms with E-state index in [1.54, 1.807) is 0 Å². The van der Waals surface area contributed by atoms with E-state index in [2.05, 4.69) is 53.7 Å². The standard InChI is InChI=1S/C17H34/c1-7-9-10-11-12-16(5)17(6,13-8-2)14-15(3)4/h7,9,15-16H,8,10-14H2,1-6H3. The normalized spacial score (nSPS) is 17.6. The Morgan fingerprint density at radius 1 is 1.18 bits per heavy atom. The highest BCUT2D eigenvalue weighted by Crippen LogP contribution is 2.41. The van der Waals surface area contributed by atoms with E-state index in [1.807, 2.05) is 0 Å². The average molecular weight is 238 g/mol. The van der Waals surface area contributed by atoms with Gasteiger partial charge in [0.2, 0.25) is 0 Å². The highest BCUT2D eigenvalue weighted by molar-refractivity contribution is 4.82. The molecular formula is C17H34. The van der Waals surface area contributed by atoms with Crippen molar-refractivity contribution in [1.29, 1.82) is 0 Å². The van der Waals surface area contributed by atoms with Gasteiger partial charge in [0.1, 0.15) is 0 Å². The maximum absolute atomic E-state index is 2.51. The first kappa shape index (κ1) is 16.7. The van der Waals surface area contributed by atoms with Crippen molar-refractivity contribution >= 4 is 0 Å². The molecule has 0 saturated heterocycles. The Balaban J connectivity index is 4.26. The largest absolute Gasteiger partial charge is 0.0917 e. The Morgan fingerprint density at radius 2 is 1.82 bits per heavy atom. The molecule has 0 bridgehead atoms. The van der Waals surface area contributed by atoms with E-state index in [4.69, 9.17) is 0 Å². The lowest BCUT2D eigenvalue weighted by atomic mass is 9.68. The minimum Gasteiger partial charge on any atom is -0.0917 e. The molecule has 0 aliphatic rings. The van der Waals surface area contributed by atoms with Crippen LogP contribution in [0.25, 0.3) is 0 Å². The third-order valence-electron chi connectivity index (χ3n) is 4.13. The number of unbranched alkanes of at least 4 members (excludes halogenated alkanes) is 1. The Morgan fingerprint density at radius 3 is 2.29 bits per heavy atom. The second-order valence-corrected chi connectivity index (χ2v) is 6.40. The third kappa shape index (κ3) is 6.91. The maximum Gasteiger partial charge on any atom is -0.0298 e. The number of rotatable bonds is 9. The molecule has 0 rings (SSSR count). The third-order valence-corrected chi connectivity index (χ3v) is 4.13. The summed E-state index contributed by atoms with van der Waals surface area (Å²) in [4.78, 5) is 0. The lowest BCUT2D eigenvalue weighted by Crippen LogP contribution is -2.27. The molecule has 0 spiro atoms. The summed E-state index contributed by atoms with van der Waals surface area (Å²) in [6.07, 6.45) is 12.5. The molecule has 0 N–H and O–H groups in total. The Bertz CT molecular complexity index is 202. The minimum absolute atomic E-state index is 0.554. The van der Waals surface area contributed by atoms with Crippen LogP contribution in [-0.4, -0.2) is 0 Å². The summed E-state index contributed by atoms with van der Waals surface area (Å²) in [6.45, 7) is 14.1. The van der Waals surface area contributed by atoms with Gasteiger partial charge in [0.05, 0.1) is 0 Å². The summed E-state index contributed by atoms with van der Waals surface area (Å²) < 4.78 is 0. The van der Waals surface area contributed by atoms with E-state index in [9.17, 15) is 0 Å². The van der Waals surface area contributed by atoms with Crippen LogP contribution in [0.15, 0.2) is 12.2 Å². The van der Waals surface area contributed by atoms with Gasteiger partial charge in [-0.05, 0) is 56.3 Å². The molecular weight excluding hydrogens is 204 g/mol. The van der Waals surface area contributed by atoms with Crippen molar-refractivity contribution in [2.24, 2.45) is 17.3 Å². The molecule has 2 unspecified atom stereocenters. The van der Waals surface area contributed by atoms with Crippen LogP contribution in [0.5, 0.6) is 0 Å². The van der Waals surface area contributed by atoms with E-state index in [0.29, 0.717) is 5.41 Å². The summed E-state index contributed by atoms with van der Waals surface area (Å²) in [6, 6.07) is 0. The molecule has 17 heavy (non-hydrogen) atoms. The van der Waals surface area contributed by atoms with E-state index < -0.39 is 0 Å². The maximum atomic E-state index is 2.51. The first-order valence-corrected chi connectivity index (χ1v) is 7.57. The fourth-order valence-corrected chi connectivity index (χ4v) is 3.11. The fourth-order valence-electron chi connectivity index (χ4n) is 3.11. The first-order valence-electron chi connectivity index (χ1n) is 7.57. The zero-order valence-corrected chi connectivity index (χ0v) is 13.1. The van der Waals surface area contributed by atoms with E-state index in [0.717, 1.165) is 11.8 Å². The topological polar surface area (TPSA) is 0 Å². The molecule has 0 saturated carbocycles. The predicted molar refractivity (Wildman–Crippen MR) is 80.3 cm³/mol. The van der Waals surface area contributed by atoms with Gasteiger partial charge in [-0.15, -0.1) is 0 Å². The van der Waals surface area contributed by atoms with Crippen LogP contribution in [0.4, 0.5) is 0 Å². The highest BCUT2D eigenvalue weighted by Gasteiger charge is 2.30. The minimum atomic E-state index is 0.554. The molecule has 0 nitrogen and oxygen atoms in total. The molecule has 2 atom stereocenters. The summed E-state index contributed by atoms with van der Waals surface area (Å²) in [5.74, 6) is 1.68. The van der Waals surface area contributed by atoms with Gasteiger partial charge in [-0.2, -0.15) is 0 Å². The van der Waals surface area contributed by atoms with Crippen molar-refractivity contribution in [1.82, 2.24) is 0 Å². The molecule has 0 aromatic rings. The van der Waals surface area contributed by atoms with Crippen LogP contribution >= 0.6 is 0 Å². The van der Waals surface area contributed by atoms with Gasteiger partial charge in [-0.1, -0.05) is 53.2 Å². The number of hydrogen-bond acceptors (Lipinski definition) is 0. The van der Waals surface area contributed by atoms with Crippen molar-refractivity contribution in [3.8, 4) is 0 Å². The van der Waals surface area contributed by atoms with Gasteiger partial charge < -0.3 is 0 Å². The zero-order chi connectivity index (χ0) is 13.3. The van der Waals surface area contributed by atoms with Crippen molar-refractivity contribution in [2.75, 3.05) is 0 Å². The van der Waals surface area contributed by atoms with E-state index >= 15 is 0 Å². The molecule has 0 aliphatic carbocycles. The van der Waals surface area contributed by atoms with Gasteiger partial charge in [0, 0.05) is 0 Å². The van der Waals surface area contributed by atoms with Crippen LogP contribution in [0.2, 0.25) is 0 Å². The average Bonchev–Trinajstić information content (AvgIpc) is 2.23. The van der Waals surface area contributed by atoms with Crippen molar-refractivity contribution in [3.63, 3.8) is 0 Å². The van der Waals surface area contributed by atoms with Gasteiger partial charge in [0.15, 0.2) is 0 Å². The molecule has 0 radical (unpaired) electrons. The molecule has 0 heteroatoms. The van der Waals surface area contributed by atoms with Gasteiger partial charge in [-0.25, -0.2) is 0 Å². The molecule has 0 aliphatic heterocycles. The Labute approximate surface area is 110 Å². The summed E-state index contributed by atoms with van der Waals surface area (Å²) in [5, 5.41) is 0. The second-order valence-electron chi connectivity index (χ2n) is 6.40. The second kappa shape index (κ2) is 8.78. The van der Waals surface area contributed by atoms with Gasteiger partial charge in [0.25, 0.3) is 0 Å². The smallest absolute Gasteiger partial charge is 0.0298 e. The Kier molecular flexibility index (Phi) is 8.64. The van der Waals surface area contributed by atoms with E-state index in [1.165, 1.54) is 38.5 Å². The fraction of sp³-hybridized carbons (Fsp3) is 0.882.